The van der Waals surface area contributed by atoms with Crippen LogP contribution in [0.25, 0.3) is 0 Å². The highest BCUT2D eigenvalue weighted by Crippen LogP contribution is 2.24. The fraction of sp³-hybridized carbons (Fsp3) is 0.538. The van der Waals surface area contributed by atoms with Gasteiger partial charge in [-0.2, -0.15) is 0 Å². The van der Waals surface area contributed by atoms with Crippen molar-refractivity contribution in [2.24, 2.45) is 11.7 Å². The molecular weight excluding hydrogens is 269 g/mol. The Labute approximate surface area is 105 Å². The van der Waals surface area contributed by atoms with E-state index in [2.05, 4.69) is 29.8 Å². The van der Waals surface area contributed by atoms with Crippen LogP contribution in [0.1, 0.15) is 32.8 Å². The van der Waals surface area contributed by atoms with Gasteiger partial charge in [-0.05, 0) is 43.0 Å². The van der Waals surface area contributed by atoms with E-state index in [0.29, 0.717) is 12.3 Å². The van der Waals surface area contributed by atoms with Crippen LogP contribution in [0.5, 0.6) is 0 Å². The van der Waals surface area contributed by atoms with Gasteiger partial charge in [0.1, 0.15) is 5.82 Å². The van der Waals surface area contributed by atoms with E-state index in [4.69, 9.17) is 5.73 Å². The quantitative estimate of drug-likeness (QED) is 0.893. The highest BCUT2D eigenvalue weighted by atomic mass is 79.9. The molecule has 3 heteroatoms. The molecule has 0 aromatic heterocycles. The second-order valence-electron chi connectivity index (χ2n) is 4.77. The molecule has 1 aromatic rings. The molecule has 90 valence electrons. The summed E-state index contributed by atoms with van der Waals surface area (Å²) < 4.78 is 14.0. The highest BCUT2D eigenvalue weighted by Gasteiger charge is 2.25. The van der Waals surface area contributed by atoms with Crippen molar-refractivity contribution >= 4 is 15.9 Å². The first-order valence-corrected chi connectivity index (χ1v) is 6.38. The molecule has 1 nitrogen and oxygen atoms in total. The predicted molar refractivity (Wildman–Crippen MR) is 69.9 cm³/mol. The SMILES string of the molecule is CCC(C)C(C)(N)Cc1cc(F)cc(Br)c1. The molecule has 0 saturated carbocycles. The first-order valence-electron chi connectivity index (χ1n) is 5.59. The zero-order valence-electron chi connectivity index (χ0n) is 10.1. The number of rotatable bonds is 4. The lowest BCUT2D eigenvalue weighted by Crippen LogP contribution is -2.44. The van der Waals surface area contributed by atoms with E-state index < -0.39 is 0 Å². The second-order valence-corrected chi connectivity index (χ2v) is 5.69. The summed E-state index contributed by atoms with van der Waals surface area (Å²) in [4.78, 5) is 0. The molecule has 2 unspecified atom stereocenters. The maximum absolute atomic E-state index is 13.2. The third-order valence-corrected chi connectivity index (χ3v) is 3.70. The van der Waals surface area contributed by atoms with E-state index >= 15 is 0 Å². The Morgan fingerprint density at radius 3 is 2.56 bits per heavy atom. The van der Waals surface area contributed by atoms with Crippen molar-refractivity contribution in [3.63, 3.8) is 0 Å². The van der Waals surface area contributed by atoms with Gasteiger partial charge in [-0.25, -0.2) is 4.39 Å². The molecule has 0 aliphatic rings. The maximum atomic E-state index is 13.2. The fourth-order valence-corrected chi connectivity index (χ4v) is 2.31. The molecule has 0 spiro atoms. The van der Waals surface area contributed by atoms with E-state index in [1.807, 2.05) is 13.0 Å². The van der Waals surface area contributed by atoms with Gasteiger partial charge in [0.05, 0.1) is 0 Å². The first-order chi connectivity index (χ1) is 7.35. The molecule has 0 aliphatic carbocycles. The molecule has 0 radical (unpaired) electrons. The molecule has 0 aliphatic heterocycles. The van der Waals surface area contributed by atoms with E-state index in [1.54, 1.807) is 6.07 Å². The molecule has 2 N–H and O–H groups in total. The van der Waals surface area contributed by atoms with Crippen molar-refractivity contribution in [2.75, 3.05) is 0 Å². The summed E-state index contributed by atoms with van der Waals surface area (Å²) in [6.07, 6.45) is 1.72. The van der Waals surface area contributed by atoms with Crippen LogP contribution in [0.15, 0.2) is 22.7 Å². The van der Waals surface area contributed by atoms with Crippen LogP contribution in [0.2, 0.25) is 0 Å². The van der Waals surface area contributed by atoms with Crippen LogP contribution in [0.4, 0.5) is 4.39 Å². The van der Waals surface area contributed by atoms with Gasteiger partial charge in [-0.3, -0.25) is 0 Å². The molecule has 16 heavy (non-hydrogen) atoms. The topological polar surface area (TPSA) is 26.0 Å². The Bertz CT molecular complexity index is 343. The van der Waals surface area contributed by atoms with Gasteiger partial charge in [-0.15, -0.1) is 0 Å². The number of halogens is 2. The average Bonchev–Trinajstić information content (AvgIpc) is 2.13. The van der Waals surface area contributed by atoms with E-state index in [-0.39, 0.29) is 11.4 Å². The zero-order chi connectivity index (χ0) is 12.3. The Kier molecular flexibility index (Phi) is 4.51. The molecule has 0 fully saturated rings. The molecule has 0 saturated heterocycles. The minimum atomic E-state index is -0.290. The number of hydrogen-bond acceptors (Lipinski definition) is 1. The van der Waals surface area contributed by atoms with Gasteiger partial charge in [0.15, 0.2) is 0 Å². The van der Waals surface area contributed by atoms with E-state index in [0.717, 1.165) is 16.5 Å². The standard InChI is InChI=1S/C13H19BrFN/c1-4-9(2)13(3,16)8-10-5-11(14)7-12(15)6-10/h5-7,9H,4,8,16H2,1-3H3. The Morgan fingerprint density at radius 2 is 2.06 bits per heavy atom. The van der Waals surface area contributed by atoms with E-state index in [9.17, 15) is 4.39 Å². The van der Waals surface area contributed by atoms with E-state index in [1.165, 1.54) is 6.07 Å². The normalized spacial score (nSPS) is 16.9. The summed E-state index contributed by atoms with van der Waals surface area (Å²) in [5, 5.41) is 0. The second kappa shape index (κ2) is 5.28. The summed E-state index contributed by atoms with van der Waals surface area (Å²) in [6.45, 7) is 6.28. The molecule has 1 aromatic carbocycles. The average molecular weight is 288 g/mol. The van der Waals surface area contributed by atoms with Crippen LogP contribution in [0, 0.1) is 11.7 Å². The Hall–Kier alpha value is -0.410. The van der Waals surface area contributed by atoms with Gasteiger partial charge in [0.2, 0.25) is 0 Å². The van der Waals surface area contributed by atoms with Crippen molar-refractivity contribution in [3.05, 3.63) is 34.1 Å². The highest BCUT2D eigenvalue weighted by molar-refractivity contribution is 9.10. The van der Waals surface area contributed by atoms with Gasteiger partial charge in [0.25, 0.3) is 0 Å². The first kappa shape index (κ1) is 13.7. The summed E-state index contributed by atoms with van der Waals surface area (Å²) in [5.41, 5.74) is 6.92. The van der Waals surface area contributed by atoms with Crippen LogP contribution in [-0.2, 0) is 6.42 Å². The van der Waals surface area contributed by atoms with Gasteiger partial charge in [-0.1, -0.05) is 36.2 Å². The van der Waals surface area contributed by atoms with Crippen molar-refractivity contribution in [2.45, 2.75) is 39.2 Å². The monoisotopic (exact) mass is 287 g/mol. The van der Waals surface area contributed by atoms with Crippen LogP contribution < -0.4 is 5.73 Å². The van der Waals surface area contributed by atoms with Crippen molar-refractivity contribution < 1.29 is 4.39 Å². The summed E-state index contributed by atoms with van der Waals surface area (Å²) in [6, 6.07) is 4.94. The third kappa shape index (κ3) is 3.56. The minimum Gasteiger partial charge on any atom is -0.325 e. The van der Waals surface area contributed by atoms with Crippen molar-refractivity contribution in [3.8, 4) is 0 Å². The molecule has 0 heterocycles. The summed E-state index contributed by atoms with van der Waals surface area (Å²) in [5.74, 6) is 0.193. The number of benzene rings is 1. The minimum absolute atomic E-state index is 0.218. The van der Waals surface area contributed by atoms with Gasteiger partial charge < -0.3 is 5.73 Å². The lowest BCUT2D eigenvalue weighted by Gasteiger charge is -2.31. The van der Waals surface area contributed by atoms with Crippen LogP contribution >= 0.6 is 15.9 Å². The Morgan fingerprint density at radius 1 is 1.44 bits per heavy atom. The maximum Gasteiger partial charge on any atom is 0.124 e. The lowest BCUT2D eigenvalue weighted by molar-refractivity contribution is 0.306. The van der Waals surface area contributed by atoms with Crippen LogP contribution in [0.3, 0.4) is 0 Å². The third-order valence-electron chi connectivity index (χ3n) is 3.25. The molecular formula is C13H19BrFN. The summed E-state index contributed by atoms with van der Waals surface area (Å²) >= 11 is 3.29. The molecule has 1 rings (SSSR count). The van der Waals surface area contributed by atoms with Gasteiger partial charge >= 0.3 is 0 Å². The van der Waals surface area contributed by atoms with Gasteiger partial charge in [0, 0.05) is 10.0 Å². The van der Waals surface area contributed by atoms with Crippen molar-refractivity contribution in [1.82, 2.24) is 0 Å². The smallest absolute Gasteiger partial charge is 0.124 e. The number of nitrogens with two attached hydrogens (primary N) is 1. The lowest BCUT2D eigenvalue weighted by atomic mass is 9.81. The summed E-state index contributed by atoms with van der Waals surface area (Å²) in [7, 11) is 0. The molecule has 0 amide bonds. The predicted octanol–water partition coefficient (Wildman–Crippen LogP) is 3.89. The fourth-order valence-electron chi connectivity index (χ4n) is 1.79. The molecule has 0 bridgehead atoms. The number of hydrogen-bond donors (Lipinski definition) is 1. The molecule has 2 atom stereocenters. The van der Waals surface area contributed by atoms with Crippen molar-refractivity contribution in [1.29, 1.82) is 0 Å². The largest absolute Gasteiger partial charge is 0.325 e. The zero-order valence-corrected chi connectivity index (χ0v) is 11.6. The van der Waals surface area contributed by atoms with Crippen LogP contribution in [-0.4, -0.2) is 5.54 Å². The Balaban J connectivity index is 2.87.